The topological polar surface area (TPSA) is 66.9 Å². The molecule has 0 radical (unpaired) electrons. The molecule has 1 amide bonds. The molecular formula is C26H30N2O4S. The minimum absolute atomic E-state index is 0.0669. The van der Waals surface area contributed by atoms with Gasteiger partial charge in [0.1, 0.15) is 5.75 Å². The zero-order valence-electron chi connectivity index (χ0n) is 19.3. The van der Waals surface area contributed by atoms with Crippen LogP contribution in [0.2, 0.25) is 0 Å². The van der Waals surface area contributed by atoms with Gasteiger partial charge in [-0.1, -0.05) is 35.9 Å². The lowest BCUT2D eigenvalue weighted by molar-refractivity contribution is -0.135. The lowest BCUT2D eigenvalue weighted by Crippen LogP contribution is -2.43. The molecule has 3 aromatic carbocycles. The molecule has 1 heterocycles. The number of rotatable bonds is 6. The van der Waals surface area contributed by atoms with Crippen molar-refractivity contribution in [2.75, 3.05) is 27.2 Å². The summed E-state index contributed by atoms with van der Waals surface area (Å²) in [6, 6.07) is 19.0. The maximum atomic E-state index is 13.1. The molecule has 7 heteroatoms. The first-order valence-corrected chi connectivity index (χ1v) is 12.6. The van der Waals surface area contributed by atoms with Crippen LogP contribution >= 0.6 is 0 Å². The Kier molecular flexibility index (Phi) is 6.72. The molecule has 1 aliphatic heterocycles. The van der Waals surface area contributed by atoms with E-state index in [2.05, 4.69) is 6.07 Å². The van der Waals surface area contributed by atoms with Crippen molar-refractivity contribution in [2.24, 2.45) is 5.92 Å². The number of methoxy groups -OCH3 is 1. The van der Waals surface area contributed by atoms with E-state index < -0.39 is 10.0 Å². The average Bonchev–Trinajstić information content (AvgIpc) is 2.83. The number of amides is 1. The van der Waals surface area contributed by atoms with Crippen LogP contribution in [0, 0.1) is 12.8 Å². The van der Waals surface area contributed by atoms with E-state index in [0.717, 1.165) is 27.6 Å². The van der Waals surface area contributed by atoms with Gasteiger partial charge in [-0.05, 0) is 66.4 Å². The Morgan fingerprint density at radius 3 is 2.30 bits per heavy atom. The van der Waals surface area contributed by atoms with Gasteiger partial charge in [-0.2, -0.15) is 4.31 Å². The standard InChI is InChI=1S/C26H30N2O4S/c1-19-4-10-25(11-5-19)33(30,31)28-14-12-21(13-15-28)26(29)27(2)18-20-6-7-23-17-24(32-3)9-8-22(23)16-20/h4-11,16-17,21H,12-15,18H2,1-3H3. The molecule has 3 aromatic rings. The first-order chi connectivity index (χ1) is 15.8. The van der Waals surface area contributed by atoms with Crippen LogP contribution in [-0.2, 0) is 21.4 Å². The summed E-state index contributed by atoms with van der Waals surface area (Å²) in [5.74, 6) is 0.722. The summed E-state index contributed by atoms with van der Waals surface area (Å²) in [5, 5.41) is 2.19. The summed E-state index contributed by atoms with van der Waals surface area (Å²) in [7, 11) is -0.0563. The predicted octanol–water partition coefficient (Wildman–Crippen LogP) is 4.22. The number of piperidine rings is 1. The van der Waals surface area contributed by atoms with Crippen LogP contribution in [0.4, 0.5) is 0 Å². The number of hydrogen-bond donors (Lipinski definition) is 0. The zero-order valence-corrected chi connectivity index (χ0v) is 20.1. The van der Waals surface area contributed by atoms with Crippen molar-refractivity contribution in [1.82, 2.24) is 9.21 Å². The van der Waals surface area contributed by atoms with Crippen molar-refractivity contribution < 1.29 is 17.9 Å². The summed E-state index contributed by atoms with van der Waals surface area (Å²) in [4.78, 5) is 15.1. The van der Waals surface area contributed by atoms with Gasteiger partial charge in [0.15, 0.2) is 0 Å². The number of benzene rings is 3. The Morgan fingerprint density at radius 2 is 1.64 bits per heavy atom. The van der Waals surface area contributed by atoms with Crippen LogP contribution in [-0.4, -0.2) is 50.8 Å². The zero-order chi connectivity index (χ0) is 23.6. The summed E-state index contributed by atoms with van der Waals surface area (Å²) in [5.41, 5.74) is 2.08. The van der Waals surface area contributed by atoms with Crippen LogP contribution in [0.5, 0.6) is 5.75 Å². The third-order valence-corrected chi connectivity index (χ3v) is 8.28. The molecule has 0 unspecified atom stereocenters. The number of hydrogen-bond acceptors (Lipinski definition) is 4. The normalized spacial score (nSPS) is 15.5. The Labute approximate surface area is 195 Å². The van der Waals surface area contributed by atoms with Crippen molar-refractivity contribution in [3.05, 3.63) is 71.8 Å². The molecule has 6 nitrogen and oxygen atoms in total. The molecular weight excluding hydrogens is 436 g/mol. The van der Waals surface area contributed by atoms with E-state index in [1.165, 1.54) is 4.31 Å². The van der Waals surface area contributed by atoms with Gasteiger partial charge in [-0.15, -0.1) is 0 Å². The SMILES string of the molecule is COc1ccc2cc(CN(C)C(=O)C3CCN(S(=O)(=O)c4ccc(C)cc4)CC3)ccc2c1. The first-order valence-electron chi connectivity index (χ1n) is 11.2. The Morgan fingerprint density at radius 1 is 1.00 bits per heavy atom. The monoisotopic (exact) mass is 466 g/mol. The second-order valence-electron chi connectivity index (χ2n) is 8.73. The van der Waals surface area contributed by atoms with E-state index in [1.807, 2.05) is 44.3 Å². The molecule has 33 heavy (non-hydrogen) atoms. The van der Waals surface area contributed by atoms with Crippen molar-refractivity contribution in [3.8, 4) is 5.75 Å². The van der Waals surface area contributed by atoms with E-state index in [-0.39, 0.29) is 11.8 Å². The molecule has 0 bridgehead atoms. The molecule has 4 rings (SSSR count). The number of sulfonamides is 1. The van der Waals surface area contributed by atoms with Crippen LogP contribution in [0.1, 0.15) is 24.0 Å². The summed E-state index contributed by atoms with van der Waals surface area (Å²) < 4.78 is 32.6. The number of ether oxygens (including phenoxy) is 1. The number of fused-ring (bicyclic) bond motifs is 1. The maximum Gasteiger partial charge on any atom is 0.243 e. The Hall–Kier alpha value is -2.90. The van der Waals surface area contributed by atoms with E-state index in [0.29, 0.717) is 37.4 Å². The lowest BCUT2D eigenvalue weighted by atomic mass is 9.96. The van der Waals surface area contributed by atoms with Crippen molar-refractivity contribution in [2.45, 2.75) is 31.2 Å². The second kappa shape index (κ2) is 9.53. The smallest absolute Gasteiger partial charge is 0.243 e. The molecule has 0 aromatic heterocycles. The highest BCUT2D eigenvalue weighted by Crippen LogP contribution is 2.26. The molecule has 0 spiro atoms. The molecule has 0 aliphatic carbocycles. The highest BCUT2D eigenvalue weighted by Gasteiger charge is 2.33. The second-order valence-corrected chi connectivity index (χ2v) is 10.7. The van der Waals surface area contributed by atoms with E-state index >= 15 is 0 Å². The van der Waals surface area contributed by atoms with Crippen molar-refractivity contribution in [1.29, 1.82) is 0 Å². The molecule has 0 N–H and O–H groups in total. The number of carbonyl (C=O) groups excluding carboxylic acids is 1. The van der Waals surface area contributed by atoms with Gasteiger partial charge in [0, 0.05) is 32.6 Å². The molecule has 1 aliphatic rings. The van der Waals surface area contributed by atoms with Gasteiger partial charge < -0.3 is 9.64 Å². The van der Waals surface area contributed by atoms with Crippen LogP contribution in [0.25, 0.3) is 10.8 Å². The Balaban J connectivity index is 1.37. The average molecular weight is 467 g/mol. The lowest BCUT2D eigenvalue weighted by Gasteiger charge is -2.32. The Bertz CT molecular complexity index is 1250. The van der Waals surface area contributed by atoms with E-state index in [4.69, 9.17) is 4.74 Å². The third-order valence-electron chi connectivity index (χ3n) is 6.37. The quantitative estimate of drug-likeness (QED) is 0.546. The molecule has 0 atom stereocenters. The highest BCUT2D eigenvalue weighted by molar-refractivity contribution is 7.89. The fraction of sp³-hybridized carbons (Fsp3) is 0.346. The number of carbonyl (C=O) groups is 1. The molecule has 1 saturated heterocycles. The van der Waals surface area contributed by atoms with Gasteiger partial charge >= 0.3 is 0 Å². The third kappa shape index (κ3) is 5.04. The van der Waals surface area contributed by atoms with Gasteiger partial charge in [0.25, 0.3) is 0 Å². The highest BCUT2D eigenvalue weighted by atomic mass is 32.2. The van der Waals surface area contributed by atoms with Gasteiger partial charge in [-0.3, -0.25) is 4.79 Å². The summed E-state index contributed by atoms with van der Waals surface area (Å²) in [6.45, 7) is 3.16. The minimum atomic E-state index is -3.52. The first kappa shape index (κ1) is 23.3. The molecule has 0 saturated carbocycles. The van der Waals surface area contributed by atoms with Gasteiger partial charge in [-0.25, -0.2) is 8.42 Å². The maximum absolute atomic E-state index is 13.1. The van der Waals surface area contributed by atoms with Crippen molar-refractivity contribution >= 4 is 26.7 Å². The largest absolute Gasteiger partial charge is 0.497 e. The van der Waals surface area contributed by atoms with Crippen LogP contribution < -0.4 is 4.74 Å². The van der Waals surface area contributed by atoms with E-state index in [9.17, 15) is 13.2 Å². The van der Waals surface area contributed by atoms with Gasteiger partial charge in [0.05, 0.1) is 12.0 Å². The predicted molar refractivity (Wildman–Crippen MR) is 130 cm³/mol. The van der Waals surface area contributed by atoms with Gasteiger partial charge in [0.2, 0.25) is 15.9 Å². The fourth-order valence-electron chi connectivity index (χ4n) is 4.36. The molecule has 174 valence electrons. The van der Waals surface area contributed by atoms with E-state index in [1.54, 1.807) is 36.3 Å². The summed E-state index contributed by atoms with van der Waals surface area (Å²) >= 11 is 0. The fourth-order valence-corrected chi connectivity index (χ4v) is 5.83. The minimum Gasteiger partial charge on any atom is -0.497 e. The van der Waals surface area contributed by atoms with Crippen LogP contribution in [0.3, 0.4) is 0 Å². The number of aryl methyl sites for hydroxylation is 1. The van der Waals surface area contributed by atoms with Crippen molar-refractivity contribution in [3.63, 3.8) is 0 Å². The summed E-state index contributed by atoms with van der Waals surface area (Å²) in [6.07, 6.45) is 1.07. The molecule has 1 fully saturated rings. The van der Waals surface area contributed by atoms with Crippen LogP contribution in [0.15, 0.2) is 65.6 Å². The number of nitrogens with zero attached hydrogens (tertiary/aromatic N) is 2.